The highest BCUT2D eigenvalue weighted by Gasteiger charge is 2.21. The molecule has 0 spiro atoms. The molecule has 9 nitrogen and oxygen atoms in total. The van der Waals surface area contributed by atoms with Crippen LogP contribution in [0.2, 0.25) is 0 Å². The first kappa shape index (κ1) is 23.7. The van der Waals surface area contributed by atoms with Crippen LogP contribution >= 0.6 is 12.4 Å². The number of hydrazone groups is 1. The Morgan fingerprint density at radius 2 is 2.00 bits per heavy atom. The summed E-state index contributed by atoms with van der Waals surface area (Å²) in [5.74, 6) is 0.234. The molecule has 4 N–H and O–H groups in total. The van der Waals surface area contributed by atoms with Crippen molar-refractivity contribution < 1.29 is 17.3 Å². The van der Waals surface area contributed by atoms with Gasteiger partial charge in [0.2, 0.25) is 5.96 Å². The normalized spacial score (nSPS) is 10.6. The molecule has 154 valence electrons. The molecular formula is C18H20ClN5O4S. The van der Waals surface area contributed by atoms with E-state index in [1.54, 1.807) is 25.1 Å². The lowest BCUT2D eigenvalue weighted by Gasteiger charge is -2.11. The highest BCUT2D eigenvalue weighted by atomic mass is 35.5. The Bertz CT molecular complexity index is 1030. The summed E-state index contributed by atoms with van der Waals surface area (Å²) in [5.41, 5.74) is 8.11. The third-order valence-electron chi connectivity index (χ3n) is 3.30. The summed E-state index contributed by atoms with van der Waals surface area (Å²) in [6, 6.07) is 12.4. The second-order valence-corrected chi connectivity index (χ2v) is 7.12. The molecule has 0 aliphatic rings. The Balaban J connectivity index is 0.00000420. The Hall–Kier alpha value is -3.29. The Kier molecular flexibility index (Phi) is 8.92. The van der Waals surface area contributed by atoms with Gasteiger partial charge in [0.25, 0.3) is 0 Å². The van der Waals surface area contributed by atoms with Gasteiger partial charge in [-0.3, -0.25) is 5.41 Å². The second kappa shape index (κ2) is 10.9. The lowest BCUT2D eigenvalue weighted by molar-refractivity contribution is 0.329. The maximum absolute atomic E-state index is 12.5. The summed E-state index contributed by atoms with van der Waals surface area (Å²) in [4.78, 5) is -0.198. The van der Waals surface area contributed by atoms with Gasteiger partial charge < -0.3 is 14.7 Å². The number of ether oxygens (including phenoxy) is 1. The van der Waals surface area contributed by atoms with Gasteiger partial charge in [-0.1, -0.05) is 12.1 Å². The van der Waals surface area contributed by atoms with E-state index >= 15 is 0 Å². The Morgan fingerprint density at radius 1 is 1.31 bits per heavy atom. The monoisotopic (exact) mass is 437 g/mol. The van der Waals surface area contributed by atoms with Crippen molar-refractivity contribution in [1.29, 1.82) is 10.7 Å². The molecule has 2 rings (SSSR count). The molecular weight excluding hydrogens is 418 g/mol. The zero-order chi connectivity index (χ0) is 20.6. The molecule has 0 aliphatic heterocycles. The lowest BCUT2D eigenvalue weighted by atomic mass is 10.2. The summed E-state index contributed by atoms with van der Waals surface area (Å²) >= 11 is 0. The van der Waals surface area contributed by atoms with Crippen molar-refractivity contribution in [3.05, 3.63) is 53.6 Å². The first-order valence-electron chi connectivity index (χ1n) is 8.11. The number of nitrogens with one attached hydrogen (secondary N) is 2. The number of hydrogen-bond acceptors (Lipinski definition) is 7. The topological polar surface area (TPSA) is 151 Å². The van der Waals surface area contributed by atoms with Gasteiger partial charge in [0.1, 0.15) is 22.5 Å². The van der Waals surface area contributed by atoms with Crippen molar-refractivity contribution in [2.75, 3.05) is 6.61 Å². The van der Waals surface area contributed by atoms with Gasteiger partial charge in [-0.2, -0.15) is 18.8 Å². The summed E-state index contributed by atoms with van der Waals surface area (Å²) in [5, 5.41) is 19.8. The molecule has 0 aromatic heterocycles. The van der Waals surface area contributed by atoms with Crippen molar-refractivity contribution in [2.24, 2.45) is 10.8 Å². The van der Waals surface area contributed by atoms with E-state index in [0.29, 0.717) is 12.2 Å². The number of guanidine groups is 1. The number of nitriles is 1. The zero-order valence-electron chi connectivity index (χ0n) is 15.5. The van der Waals surface area contributed by atoms with Crippen LogP contribution in [0.15, 0.2) is 52.5 Å². The van der Waals surface area contributed by atoms with Crippen LogP contribution in [0, 0.1) is 23.7 Å². The number of aryl methyl sites for hydroxylation is 1. The molecule has 2 aromatic carbocycles. The minimum atomic E-state index is -4.17. The highest BCUT2D eigenvalue weighted by molar-refractivity contribution is 7.87. The first-order valence-corrected chi connectivity index (χ1v) is 9.52. The molecule has 0 heterocycles. The third kappa shape index (κ3) is 7.33. The molecule has 0 unspecified atom stereocenters. The zero-order valence-corrected chi connectivity index (χ0v) is 17.1. The van der Waals surface area contributed by atoms with Gasteiger partial charge >= 0.3 is 10.1 Å². The van der Waals surface area contributed by atoms with Gasteiger partial charge in [-0.25, -0.2) is 5.43 Å². The van der Waals surface area contributed by atoms with Crippen molar-refractivity contribution >= 4 is 34.7 Å². The van der Waals surface area contributed by atoms with Crippen LogP contribution in [-0.4, -0.2) is 27.2 Å². The average molecular weight is 438 g/mol. The summed E-state index contributed by atoms with van der Waals surface area (Å²) in [6.45, 7) is 2.05. The van der Waals surface area contributed by atoms with E-state index < -0.39 is 10.1 Å². The van der Waals surface area contributed by atoms with Crippen molar-refractivity contribution in [3.8, 4) is 17.6 Å². The molecule has 0 aliphatic carbocycles. The molecule has 0 fully saturated rings. The van der Waals surface area contributed by atoms with E-state index in [1.165, 1.54) is 30.5 Å². The first-order chi connectivity index (χ1) is 13.3. The van der Waals surface area contributed by atoms with Crippen LogP contribution in [-0.2, 0) is 10.1 Å². The number of halogens is 1. The van der Waals surface area contributed by atoms with Crippen molar-refractivity contribution in [3.63, 3.8) is 0 Å². The third-order valence-corrected chi connectivity index (χ3v) is 4.61. The summed E-state index contributed by atoms with van der Waals surface area (Å²) < 4.78 is 35.8. The van der Waals surface area contributed by atoms with E-state index in [1.807, 2.05) is 6.07 Å². The standard InChI is InChI=1S/C18H19N5O4S.ClH/c1-13-9-15(26-8-4-7-22-23-18(20)21)11-16(10-13)27-28(24,25)17-6-3-2-5-14(17)12-19;/h2-3,5-7,9-11H,4,8H2,1H3,(H4,20,21,23);1H. The molecule has 0 saturated carbocycles. The number of hydrogen-bond donors (Lipinski definition) is 3. The van der Waals surface area contributed by atoms with Gasteiger partial charge in [0.05, 0.1) is 12.2 Å². The fraction of sp³-hybridized carbons (Fsp3) is 0.167. The van der Waals surface area contributed by atoms with Gasteiger partial charge in [-0.15, -0.1) is 12.4 Å². The molecule has 2 aromatic rings. The predicted octanol–water partition coefficient (Wildman–Crippen LogP) is 2.29. The fourth-order valence-electron chi connectivity index (χ4n) is 2.20. The largest absolute Gasteiger partial charge is 0.493 e. The molecule has 0 saturated heterocycles. The molecule has 0 radical (unpaired) electrons. The van der Waals surface area contributed by atoms with Gasteiger partial charge in [0, 0.05) is 18.7 Å². The van der Waals surface area contributed by atoms with Crippen LogP contribution in [0.25, 0.3) is 0 Å². The van der Waals surface area contributed by atoms with E-state index in [4.69, 9.17) is 25.3 Å². The maximum Gasteiger partial charge on any atom is 0.340 e. The molecule has 0 amide bonds. The quantitative estimate of drug-likeness (QED) is 0.188. The second-order valence-electron chi connectivity index (χ2n) is 5.60. The van der Waals surface area contributed by atoms with E-state index in [9.17, 15) is 8.42 Å². The SMILES string of the molecule is Cc1cc(OCCC=NNC(=N)N)cc(OS(=O)(=O)c2ccccc2C#N)c1.Cl. The molecule has 29 heavy (non-hydrogen) atoms. The molecule has 11 heteroatoms. The lowest BCUT2D eigenvalue weighted by Crippen LogP contribution is -2.25. The Morgan fingerprint density at radius 3 is 2.69 bits per heavy atom. The number of nitrogens with zero attached hydrogens (tertiary/aromatic N) is 2. The van der Waals surface area contributed by atoms with Crippen LogP contribution in [0.4, 0.5) is 0 Å². The van der Waals surface area contributed by atoms with Crippen LogP contribution in [0.1, 0.15) is 17.5 Å². The van der Waals surface area contributed by atoms with Gasteiger partial charge in [-0.05, 0) is 36.8 Å². The number of rotatable bonds is 8. The Labute approximate surface area is 175 Å². The van der Waals surface area contributed by atoms with E-state index in [2.05, 4.69) is 10.5 Å². The summed E-state index contributed by atoms with van der Waals surface area (Å²) in [6.07, 6.45) is 1.94. The van der Waals surface area contributed by atoms with E-state index in [0.717, 1.165) is 5.56 Å². The fourth-order valence-corrected chi connectivity index (χ4v) is 3.27. The van der Waals surface area contributed by atoms with Crippen LogP contribution in [0.3, 0.4) is 0 Å². The van der Waals surface area contributed by atoms with Crippen molar-refractivity contribution in [2.45, 2.75) is 18.2 Å². The smallest absolute Gasteiger partial charge is 0.340 e. The molecule has 0 bridgehead atoms. The predicted molar refractivity (Wildman–Crippen MR) is 111 cm³/mol. The summed E-state index contributed by atoms with van der Waals surface area (Å²) in [7, 11) is -4.17. The number of benzene rings is 2. The minimum Gasteiger partial charge on any atom is -0.493 e. The highest BCUT2D eigenvalue weighted by Crippen LogP contribution is 2.26. The molecule has 0 atom stereocenters. The minimum absolute atomic E-state index is 0. The van der Waals surface area contributed by atoms with Crippen molar-refractivity contribution in [1.82, 2.24) is 5.43 Å². The van der Waals surface area contributed by atoms with Crippen LogP contribution < -0.4 is 20.1 Å². The van der Waals surface area contributed by atoms with Gasteiger partial charge in [0.15, 0.2) is 0 Å². The number of nitrogens with two attached hydrogens (primary N) is 1. The van der Waals surface area contributed by atoms with Crippen LogP contribution in [0.5, 0.6) is 11.5 Å². The maximum atomic E-state index is 12.5. The average Bonchev–Trinajstić information content (AvgIpc) is 2.63. The van der Waals surface area contributed by atoms with E-state index in [-0.39, 0.29) is 41.2 Å².